The van der Waals surface area contributed by atoms with Crippen molar-refractivity contribution < 1.29 is 5.11 Å². The lowest BCUT2D eigenvalue weighted by Crippen LogP contribution is -2.46. The smallest absolute Gasteiger partial charge is 0.0603 e. The van der Waals surface area contributed by atoms with Crippen molar-refractivity contribution in [3.05, 3.63) is 21.9 Å². The fraction of sp³-hybridized carbons (Fsp3) is 0.636. The van der Waals surface area contributed by atoms with Crippen LogP contribution in [0, 0.1) is 12.3 Å². The Morgan fingerprint density at radius 2 is 2.15 bits per heavy atom. The Labute approximate surface area is 83.4 Å². The molecule has 1 aliphatic carbocycles. The van der Waals surface area contributed by atoms with E-state index in [4.69, 9.17) is 0 Å². The minimum absolute atomic E-state index is 0.0806. The fourth-order valence-electron chi connectivity index (χ4n) is 2.03. The molecule has 0 bridgehead atoms. The van der Waals surface area contributed by atoms with Gasteiger partial charge in [-0.2, -0.15) is 0 Å². The molecule has 1 aromatic rings. The molecule has 0 spiro atoms. The molecule has 1 aliphatic rings. The number of aliphatic hydroxyl groups excluding tert-OH is 1. The van der Waals surface area contributed by atoms with Crippen LogP contribution < -0.4 is 0 Å². The fourth-order valence-corrected chi connectivity index (χ4v) is 3.21. The van der Waals surface area contributed by atoms with Crippen molar-refractivity contribution >= 4 is 11.3 Å². The summed E-state index contributed by atoms with van der Waals surface area (Å²) in [5, 5.41) is 9.62. The van der Waals surface area contributed by atoms with E-state index in [0.29, 0.717) is 5.92 Å². The van der Waals surface area contributed by atoms with Gasteiger partial charge in [-0.05, 0) is 30.9 Å². The van der Waals surface area contributed by atoms with E-state index in [1.54, 1.807) is 0 Å². The van der Waals surface area contributed by atoms with Crippen molar-refractivity contribution in [1.82, 2.24) is 0 Å². The molecule has 2 unspecified atom stereocenters. The van der Waals surface area contributed by atoms with Gasteiger partial charge < -0.3 is 5.11 Å². The minimum atomic E-state index is -0.111. The summed E-state index contributed by atoms with van der Waals surface area (Å²) >= 11 is 1.86. The van der Waals surface area contributed by atoms with Gasteiger partial charge >= 0.3 is 0 Å². The van der Waals surface area contributed by atoms with E-state index in [1.165, 1.54) is 9.75 Å². The first-order chi connectivity index (χ1) is 6.01. The quantitative estimate of drug-likeness (QED) is 0.732. The maximum absolute atomic E-state index is 9.62. The molecular formula is C11H16OS. The molecule has 2 atom stereocenters. The Kier molecular flexibility index (Phi) is 2.00. The predicted molar refractivity (Wildman–Crippen MR) is 56.2 cm³/mol. The first-order valence-corrected chi connectivity index (χ1v) is 5.58. The topological polar surface area (TPSA) is 20.2 Å². The van der Waals surface area contributed by atoms with Gasteiger partial charge in [0.05, 0.1) is 6.10 Å². The molecule has 1 fully saturated rings. The molecule has 1 N–H and O–H groups in total. The van der Waals surface area contributed by atoms with Gasteiger partial charge in [-0.3, -0.25) is 0 Å². The number of hydrogen-bond donors (Lipinski definition) is 1. The zero-order valence-corrected chi connectivity index (χ0v) is 9.19. The number of rotatable bonds is 1. The van der Waals surface area contributed by atoms with Crippen LogP contribution in [0.3, 0.4) is 0 Å². The number of thiophene rings is 1. The maximum Gasteiger partial charge on any atom is 0.0603 e. The monoisotopic (exact) mass is 196 g/mol. The maximum atomic E-state index is 9.62. The van der Waals surface area contributed by atoms with Crippen molar-refractivity contribution in [3.63, 3.8) is 0 Å². The molecule has 2 rings (SSSR count). The molecule has 1 aromatic heterocycles. The highest BCUT2D eigenvalue weighted by atomic mass is 32.1. The third-order valence-electron chi connectivity index (χ3n) is 3.32. The summed E-state index contributed by atoms with van der Waals surface area (Å²) in [5.41, 5.74) is 0.0806. The lowest BCUT2D eigenvalue weighted by atomic mass is 9.60. The molecule has 0 aliphatic heterocycles. The van der Waals surface area contributed by atoms with Crippen LogP contribution in [0.4, 0.5) is 0 Å². The average molecular weight is 196 g/mol. The lowest BCUT2D eigenvalue weighted by molar-refractivity contribution is -0.0613. The highest BCUT2D eigenvalue weighted by Crippen LogP contribution is 2.53. The van der Waals surface area contributed by atoms with Crippen molar-refractivity contribution in [1.29, 1.82) is 0 Å². The Morgan fingerprint density at radius 1 is 1.46 bits per heavy atom. The first kappa shape index (κ1) is 9.22. The van der Waals surface area contributed by atoms with E-state index in [-0.39, 0.29) is 11.5 Å². The highest BCUT2D eigenvalue weighted by molar-refractivity contribution is 7.12. The van der Waals surface area contributed by atoms with Gasteiger partial charge in [0.1, 0.15) is 0 Å². The van der Waals surface area contributed by atoms with Crippen LogP contribution in [0.2, 0.25) is 0 Å². The van der Waals surface area contributed by atoms with Gasteiger partial charge in [0.25, 0.3) is 0 Å². The number of hydrogen-bond acceptors (Lipinski definition) is 2. The van der Waals surface area contributed by atoms with E-state index in [2.05, 4.69) is 32.9 Å². The van der Waals surface area contributed by atoms with Crippen molar-refractivity contribution in [3.8, 4) is 0 Å². The SMILES string of the molecule is Cc1ccc(C2CC(O)C2(C)C)s1. The normalized spacial score (nSPS) is 31.4. The van der Waals surface area contributed by atoms with Gasteiger partial charge in [-0.15, -0.1) is 11.3 Å². The van der Waals surface area contributed by atoms with Crippen molar-refractivity contribution in [2.24, 2.45) is 5.41 Å². The number of aliphatic hydroxyl groups is 1. The number of aryl methyl sites for hydroxylation is 1. The third kappa shape index (κ3) is 1.32. The zero-order chi connectivity index (χ0) is 9.64. The summed E-state index contributed by atoms with van der Waals surface area (Å²) in [6, 6.07) is 4.37. The molecule has 0 aromatic carbocycles. The molecule has 0 amide bonds. The van der Waals surface area contributed by atoms with E-state index in [1.807, 2.05) is 11.3 Å². The molecular weight excluding hydrogens is 180 g/mol. The van der Waals surface area contributed by atoms with E-state index in [9.17, 15) is 5.11 Å². The summed E-state index contributed by atoms with van der Waals surface area (Å²) in [6.45, 7) is 6.44. The first-order valence-electron chi connectivity index (χ1n) is 4.76. The van der Waals surface area contributed by atoms with Gasteiger partial charge in [0.15, 0.2) is 0 Å². The Bertz CT molecular complexity index is 314. The van der Waals surface area contributed by atoms with Crippen molar-refractivity contribution in [2.75, 3.05) is 0 Å². The largest absolute Gasteiger partial charge is 0.393 e. The van der Waals surface area contributed by atoms with Crippen LogP contribution >= 0.6 is 11.3 Å². The van der Waals surface area contributed by atoms with Crippen LogP contribution in [0.1, 0.15) is 35.9 Å². The molecule has 0 radical (unpaired) electrons. The lowest BCUT2D eigenvalue weighted by Gasteiger charge is -2.49. The van der Waals surface area contributed by atoms with Crippen LogP contribution in [0.25, 0.3) is 0 Å². The van der Waals surface area contributed by atoms with Crippen molar-refractivity contribution in [2.45, 2.75) is 39.2 Å². The Balaban J connectivity index is 2.21. The molecule has 72 valence electrons. The van der Waals surface area contributed by atoms with Crippen LogP contribution in [-0.2, 0) is 0 Å². The second-order valence-corrected chi connectivity index (χ2v) is 5.89. The zero-order valence-electron chi connectivity index (χ0n) is 8.37. The highest BCUT2D eigenvalue weighted by Gasteiger charge is 2.48. The Hall–Kier alpha value is -0.340. The molecule has 13 heavy (non-hydrogen) atoms. The summed E-state index contributed by atoms with van der Waals surface area (Å²) in [6.07, 6.45) is 0.826. The second kappa shape index (κ2) is 2.82. The molecule has 0 saturated heterocycles. The average Bonchev–Trinajstić information content (AvgIpc) is 2.47. The van der Waals surface area contributed by atoms with E-state index >= 15 is 0 Å². The van der Waals surface area contributed by atoms with Gasteiger partial charge in [0, 0.05) is 15.7 Å². The standard InChI is InChI=1S/C11H16OS/c1-7-4-5-9(13-7)8-6-10(12)11(8,2)3/h4-5,8,10,12H,6H2,1-3H3. The minimum Gasteiger partial charge on any atom is -0.393 e. The summed E-state index contributed by atoms with van der Waals surface area (Å²) < 4.78 is 0. The second-order valence-electron chi connectivity index (χ2n) is 4.57. The van der Waals surface area contributed by atoms with Gasteiger partial charge in [-0.1, -0.05) is 13.8 Å². The van der Waals surface area contributed by atoms with Gasteiger partial charge in [0.2, 0.25) is 0 Å². The van der Waals surface area contributed by atoms with Crippen LogP contribution in [-0.4, -0.2) is 11.2 Å². The van der Waals surface area contributed by atoms with Crippen LogP contribution in [0.15, 0.2) is 12.1 Å². The van der Waals surface area contributed by atoms with Crippen LogP contribution in [0.5, 0.6) is 0 Å². The summed E-state index contributed by atoms with van der Waals surface area (Å²) in [5.74, 6) is 0.571. The molecule has 1 heterocycles. The van der Waals surface area contributed by atoms with Gasteiger partial charge in [-0.25, -0.2) is 0 Å². The molecule has 1 saturated carbocycles. The summed E-state index contributed by atoms with van der Waals surface area (Å²) in [4.78, 5) is 2.81. The summed E-state index contributed by atoms with van der Waals surface area (Å²) in [7, 11) is 0. The molecule has 2 heteroatoms. The molecule has 1 nitrogen and oxygen atoms in total. The Morgan fingerprint density at radius 3 is 2.54 bits per heavy atom. The predicted octanol–water partition coefficient (Wildman–Crippen LogP) is 2.93. The van der Waals surface area contributed by atoms with E-state index < -0.39 is 0 Å². The third-order valence-corrected chi connectivity index (χ3v) is 4.43. The van der Waals surface area contributed by atoms with E-state index in [0.717, 1.165) is 6.42 Å².